The average Bonchev–Trinajstić information content (AvgIpc) is 3.19. The van der Waals surface area contributed by atoms with E-state index in [4.69, 9.17) is 4.52 Å². The molecule has 8 nitrogen and oxygen atoms in total. The van der Waals surface area contributed by atoms with Crippen LogP contribution in [-0.2, 0) is 6.54 Å². The van der Waals surface area contributed by atoms with E-state index in [1.165, 1.54) is 0 Å². The van der Waals surface area contributed by atoms with Crippen molar-refractivity contribution >= 4 is 5.91 Å². The number of aromatic amines is 1. The minimum atomic E-state index is -0.00275. The Morgan fingerprint density at radius 1 is 1.36 bits per heavy atom. The van der Waals surface area contributed by atoms with Gasteiger partial charge in [0, 0.05) is 38.3 Å². The van der Waals surface area contributed by atoms with Gasteiger partial charge in [0.15, 0.2) is 5.82 Å². The van der Waals surface area contributed by atoms with Gasteiger partial charge in [0.1, 0.15) is 5.69 Å². The van der Waals surface area contributed by atoms with Crippen LogP contribution in [0.15, 0.2) is 16.8 Å². The molecule has 0 saturated carbocycles. The summed E-state index contributed by atoms with van der Waals surface area (Å²) < 4.78 is 5.27. The number of hydrogen-bond acceptors (Lipinski definition) is 6. The number of amides is 1. The zero-order valence-corrected chi connectivity index (χ0v) is 12.8. The molecule has 1 aliphatic heterocycles. The van der Waals surface area contributed by atoms with Gasteiger partial charge in [-0.3, -0.25) is 14.8 Å². The van der Waals surface area contributed by atoms with Gasteiger partial charge in [-0.05, 0) is 6.07 Å². The lowest BCUT2D eigenvalue weighted by Gasteiger charge is -2.33. The van der Waals surface area contributed by atoms with Crippen LogP contribution >= 0.6 is 0 Å². The number of nitrogens with zero attached hydrogens (tertiary/aromatic N) is 5. The van der Waals surface area contributed by atoms with E-state index in [0.717, 1.165) is 18.9 Å². The maximum absolute atomic E-state index is 12.2. The molecule has 0 atom stereocenters. The van der Waals surface area contributed by atoms with Crippen LogP contribution in [0.5, 0.6) is 0 Å². The van der Waals surface area contributed by atoms with Gasteiger partial charge in [-0.2, -0.15) is 10.1 Å². The molecule has 3 rings (SSSR count). The van der Waals surface area contributed by atoms with Gasteiger partial charge in [0.2, 0.25) is 5.89 Å². The Labute approximate surface area is 128 Å². The highest BCUT2D eigenvalue weighted by molar-refractivity contribution is 5.92. The summed E-state index contributed by atoms with van der Waals surface area (Å²) in [6.45, 7) is 7.65. The van der Waals surface area contributed by atoms with Crippen molar-refractivity contribution in [2.24, 2.45) is 0 Å². The topological polar surface area (TPSA) is 91.2 Å². The predicted octanol–water partition coefficient (Wildman–Crippen LogP) is 0.874. The molecule has 0 aromatic carbocycles. The lowest BCUT2D eigenvalue weighted by molar-refractivity contribution is 0.0609. The van der Waals surface area contributed by atoms with E-state index in [1.54, 1.807) is 12.3 Å². The Kier molecular flexibility index (Phi) is 4.19. The molecule has 0 unspecified atom stereocenters. The van der Waals surface area contributed by atoms with E-state index in [2.05, 4.69) is 25.2 Å². The molecular weight excluding hydrogens is 284 g/mol. The molecule has 0 aliphatic carbocycles. The Hall–Kier alpha value is -2.22. The summed E-state index contributed by atoms with van der Waals surface area (Å²) in [5, 5.41) is 10.5. The van der Waals surface area contributed by atoms with Crippen molar-refractivity contribution < 1.29 is 9.32 Å². The standard InChI is InChI=1S/C14H20N6O2/c1-10(2)13-16-12(22-18-13)9-19-5-7-20(8-6-19)14(21)11-3-4-15-17-11/h3-4,10H,5-9H2,1-2H3,(H,15,17). The average molecular weight is 304 g/mol. The lowest BCUT2D eigenvalue weighted by Crippen LogP contribution is -2.48. The summed E-state index contributed by atoms with van der Waals surface area (Å²) >= 11 is 0. The quantitative estimate of drug-likeness (QED) is 0.901. The fourth-order valence-corrected chi connectivity index (χ4v) is 2.41. The van der Waals surface area contributed by atoms with Crippen LogP contribution in [0.4, 0.5) is 0 Å². The molecule has 0 bridgehead atoms. The first-order valence-corrected chi connectivity index (χ1v) is 7.47. The number of carbonyl (C=O) groups is 1. The Balaban J connectivity index is 1.52. The number of H-pyrrole nitrogens is 1. The normalized spacial score (nSPS) is 16.4. The predicted molar refractivity (Wildman–Crippen MR) is 78.2 cm³/mol. The molecule has 1 saturated heterocycles. The monoisotopic (exact) mass is 304 g/mol. The summed E-state index contributed by atoms with van der Waals surface area (Å²) in [5.74, 6) is 1.64. The third-order valence-corrected chi connectivity index (χ3v) is 3.75. The van der Waals surface area contributed by atoms with Crippen molar-refractivity contribution in [3.8, 4) is 0 Å². The summed E-state index contributed by atoms with van der Waals surface area (Å²) in [6.07, 6.45) is 1.59. The second kappa shape index (κ2) is 6.27. The molecule has 1 N–H and O–H groups in total. The highest BCUT2D eigenvalue weighted by Crippen LogP contribution is 2.13. The molecule has 1 amide bonds. The number of aromatic nitrogens is 4. The van der Waals surface area contributed by atoms with Crippen molar-refractivity contribution in [3.63, 3.8) is 0 Å². The van der Waals surface area contributed by atoms with Crippen LogP contribution in [0.2, 0.25) is 0 Å². The highest BCUT2D eigenvalue weighted by Gasteiger charge is 2.24. The third kappa shape index (κ3) is 3.16. The third-order valence-electron chi connectivity index (χ3n) is 3.75. The van der Waals surface area contributed by atoms with Gasteiger partial charge in [0.25, 0.3) is 5.91 Å². The van der Waals surface area contributed by atoms with E-state index in [9.17, 15) is 4.79 Å². The van der Waals surface area contributed by atoms with Gasteiger partial charge < -0.3 is 9.42 Å². The van der Waals surface area contributed by atoms with Crippen LogP contribution in [0.3, 0.4) is 0 Å². The molecular formula is C14H20N6O2. The first-order chi connectivity index (χ1) is 10.6. The van der Waals surface area contributed by atoms with E-state index >= 15 is 0 Å². The van der Waals surface area contributed by atoms with Crippen molar-refractivity contribution in [3.05, 3.63) is 29.7 Å². The van der Waals surface area contributed by atoms with Gasteiger partial charge in [0.05, 0.1) is 6.54 Å². The lowest BCUT2D eigenvalue weighted by atomic mass is 10.2. The summed E-state index contributed by atoms with van der Waals surface area (Å²) in [4.78, 5) is 20.6. The largest absolute Gasteiger partial charge is 0.338 e. The fourth-order valence-electron chi connectivity index (χ4n) is 2.41. The summed E-state index contributed by atoms with van der Waals surface area (Å²) in [7, 11) is 0. The van der Waals surface area contributed by atoms with Crippen molar-refractivity contribution in [1.29, 1.82) is 0 Å². The van der Waals surface area contributed by atoms with Crippen LogP contribution < -0.4 is 0 Å². The van der Waals surface area contributed by atoms with Gasteiger partial charge in [-0.1, -0.05) is 19.0 Å². The highest BCUT2D eigenvalue weighted by atomic mass is 16.5. The molecule has 2 aromatic heterocycles. The Morgan fingerprint density at radius 2 is 2.14 bits per heavy atom. The second-order valence-corrected chi connectivity index (χ2v) is 5.74. The SMILES string of the molecule is CC(C)c1noc(CN2CCN(C(=O)c3ccn[nH]3)CC2)n1. The zero-order chi connectivity index (χ0) is 15.5. The molecule has 1 aliphatic rings. The first kappa shape index (κ1) is 14.7. The molecule has 3 heterocycles. The first-order valence-electron chi connectivity index (χ1n) is 7.47. The zero-order valence-electron chi connectivity index (χ0n) is 12.8. The smallest absolute Gasteiger partial charge is 0.271 e. The van der Waals surface area contributed by atoms with Crippen LogP contribution in [0, 0.1) is 0 Å². The number of piperazine rings is 1. The number of carbonyl (C=O) groups excluding carboxylic acids is 1. The van der Waals surface area contributed by atoms with Crippen molar-refractivity contribution in [1.82, 2.24) is 30.1 Å². The minimum absolute atomic E-state index is 0.00275. The van der Waals surface area contributed by atoms with Crippen LogP contribution in [0.1, 0.15) is 42.0 Å². The van der Waals surface area contributed by atoms with E-state index in [1.807, 2.05) is 18.7 Å². The Bertz CT molecular complexity index is 613. The molecule has 0 spiro atoms. The summed E-state index contributed by atoms with van der Waals surface area (Å²) in [5.41, 5.74) is 0.534. The van der Waals surface area contributed by atoms with Gasteiger partial charge in [-0.25, -0.2) is 0 Å². The van der Waals surface area contributed by atoms with E-state index in [-0.39, 0.29) is 11.8 Å². The van der Waals surface area contributed by atoms with Crippen molar-refractivity contribution in [2.45, 2.75) is 26.3 Å². The van der Waals surface area contributed by atoms with Crippen LogP contribution in [0.25, 0.3) is 0 Å². The molecule has 2 aromatic rings. The van der Waals surface area contributed by atoms with Gasteiger partial charge >= 0.3 is 0 Å². The molecule has 22 heavy (non-hydrogen) atoms. The van der Waals surface area contributed by atoms with E-state index < -0.39 is 0 Å². The maximum Gasteiger partial charge on any atom is 0.271 e. The molecule has 118 valence electrons. The fraction of sp³-hybridized carbons (Fsp3) is 0.571. The van der Waals surface area contributed by atoms with Crippen molar-refractivity contribution in [2.75, 3.05) is 26.2 Å². The molecule has 0 radical (unpaired) electrons. The molecule has 8 heteroatoms. The van der Waals surface area contributed by atoms with Crippen LogP contribution in [-0.4, -0.2) is 62.2 Å². The number of nitrogens with one attached hydrogen (secondary N) is 1. The number of hydrogen-bond donors (Lipinski definition) is 1. The second-order valence-electron chi connectivity index (χ2n) is 5.74. The maximum atomic E-state index is 12.2. The number of rotatable bonds is 4. The summed E-state index contributed by atoms with van der Waals surface area (Å²) in [6, 6.07) is 1.70. The molecule has 1 fully saturated rings. The van der Waals surface area contributed by atoms with E-state index in [0.29, 0.717) is 31.2 Å². The Morgan fingerprint density at radius 3 is 2.73 bits per heavy atom. The van der Waals surface area contributed by atoms with Gasteiger partial charge in [-0.15, -0.1) is 0 Å². The minimum Gasteiger partial charge on any atom is -0.338 e.